The van der Waals surface area contributed by atoms with Crippen LogP contribution in [0.2, 0.25) is 0 Å². The fourth-order valence-electron chi connectivity index (χ4n) is 3.61. The number of furan rings is 1. The van der Waals surface area contributed by atoms with E-state index in [-0.39, 0.29) is 11.9 Å². The lowest BCUT2D eigenvalue weighted by molar-refractivity contribution is 0.0930. The molecule has 27 heavy (non-hydrogen) atoms. The van der Waals surface area contributed by atoms with Crippen molar-refractivity contribution in [1.82, 2.24) is 20.4 Å². The van der Waals surface area contributed by atoms with Crippen LogP contribution in [0.3, 0.4) is 0 Å². The number of amides is 1. The zero-order valence-corrected chi connectivity index (χ0v) is 15.7. The largest absolute Gasteiger partial charge is 0.472 e. The van der Waals surface area contributed by atoms with Gasteiger partial charge < -0.3 is 24.4 Å². The first-order chi connectivity index (χ1) is 13.2. The Kier molecular flexibility index (Phi) is 5.24. The lowest BCUT2D eigenvalue weighted by atomic mass is 10.0. The molecule has 4 heterocycles. The van der Waals surface area contributed by atoms with Gasteiger partial charge >= 0.3 is 0 Å². The van der Waals surface area contributed by atoms with Crippen LogP contribution in [0.5, 0.6) is 0 Å². The summed E-state index contributed by atoms with van der Waals surface area (Å²) < 4.78 is 4.97. The lowest BCUT2D eigenvalue weighted by Gasteiger charge is -2.34. The highest BCUT2D eigenvalue weighted by atomic mass is 16.3. The van der Waals surface area contributed by atoms with Crippen molar-refractivity contribution >= 4 is 17.5 Å². The quantitative estimate of drug-likeness (QED) is 0.867. The summed E-state index contributed by atoms with van der Waals surface area (Å²) in [4.78, 5) is 19.0. The number of aromatic nitrogens is 2. The fourth-order valence-corrected chi connectivity index (χ4v) is 3.61. The molecular formula is C19H26N6O2. The van der Waals surface area contributed by atoms with E-state index in [1.54, 1.807) is 6.07 Å². The lowest BCUT2D eigenvalue weighted by Crippen LogP contribution is -2.45. The van der Waals surface area contributed by atoms with Crippen LogP contribution in [0.1, 0.15) is 23.2 Å². The molecule has 4 rings (SSSR count). The highest BCUT2D eigenvalue weighted by Gasteiger charge is 2.23. The number of carbonyl (C=O) groups excluding carboxylic acids is 1. The van der Waals surface area contributed by atoms with Gasteiger partial charge in [0.1, 0.15) is 6.26 Å². The molecule has 0 radical (unpaired) electrons. The predicted octanol–water partition coefficient (Wildman–Crippen LogP) is 1.22. The van der Waals surface area contributed by atoms with E-state index in [0.29, 0.717) is 5.56 Å². The average Bonchev–Trinajstić information content (AvgIpc) is 3.24. The van der Waals surface area contributed by atoms with Gasteiger partial charge in [-0.15, -0.1) is 10.2 Å². The summed E-state index contributed by atoms with van der Waals surface area (Å²) in [7, 11) is 2.15. The Hall–Kier alpha value is -2.61. The molecule has 0 unspecified atom stereocenters. The van der Waals surface area contributed by atoms with Gasteiger partial charge in [0, 0.05) is 45.3 Å². The Morgan fingerprint density at radius 2 is 1.63 bits per heavy atom. The van der Waals surface area contributed by atoms with Gasteiger partial charge in [-0.3, -0.25) is 4.79 Å². The summed E-state index contributed by atoms with van der Waals surface area (Å²) >= 11 is 0. The van der Waals surface area contributed by atoms with E-state index in [2.05, 4.69) is 49.4 Å². The summed E-state index contributed by atoms with van der Waals surface area (Å²) in [5.74, 6) is 1.79. The molecule has 8 heteroatoms. The number of hydrogen-bond acceptors (Lipinski definition) is 7. The van der Waals surface area contributed by atoms with Crippen molar-refractivity contribution in [2.75, 3.05) is 56.1 Å². The number of carbonyl (C=O) groups is 1. The summed E-state index contributed by atoms with van der Waals surface area (Å²) in [6, 6.07) is 5.99. The van der Waals surface area contributed by atoms with Gasteiger partial charge in [-0.1, -0.05) is 0 Å². The van der Waals surface area contributed by atoms with Crippen LogP contribution in [-0.4, -0.2) is 73.4 Å². The summed E-state index contributed by atoms with van der Waals surface area (Å²) in [5.41, 5.74) is 0.572. The van der Waals surface area contributed by atoms with Gasteiger partial charge in [0.15, 0.2) is 11.6 Å². The highest BCUT2D eigenvalue weighted by molar-refractivity contribution is 5.93. The third kappa shape index (κ3) is 4.21. The van der Waals surface area contributed by atoms with Crippen LogP contribution in [0.15, 0.2) is 35.1 Å². The molecule has 2 aliphatic rings. The number of piperidine rings is 1. The first-order valence-electron chi connectivity index (χ1n) is 9.54. The Balaban J connectivity index is 1.28. The number of nitrogens with one attached hydrogen (secondary N) is 1. The van der Waals surface area contributed by atoms with Crippen molar-refractivity contribution in [3.63, 3.8) is 0 Å². The zero-order chi connectivity index (χ0) is 18.6. The number of rotatable bonds is 4. The van der Waals surface area contributed by atoms with Crippen molar-refractivity contribution < 1.29 is 9.21 Å². The van der Waals surface area contributed by atoms with Gasteiger partial charge in [-0.05, 0) is 38.1 Å². The predicted molar refractivity (Wildman–Crippen MR) is 103 cm³/mol. The number of anilines is 2. The third-order valence-corrected chi connectivity index (χ3v) is 5.40. The average molecular weight is 370 g/mol. The van der Waals surface area contributed by atoms with E-state index >= 15 is 0 Å². The van der Waals surface area contributed by atoms with Gasteiger partial charge in [0.05, 0.1) is 11.8 Å². The van der Waals surface area contributed by atoms with E-state index in [4.69, 9.17) is 4.42 Å². The van der Waals surface area contributed by atoms with Crippen molar-refractivity contribution in [3.05, 3.63) is 36.3 Å². The molecule has 2 aliphatic heterocycles. The van der Waals surface area contributed by atoms with Crippen LogP contribution in [0.25, 0.3) is 0 Å². The zero-order valence-electron chi connectivity index (χ0n) is 15.7. The smallest absolute Gasteiger partial charge is 0.254 e. The van der Waals surface area contributed by atoms with E-state index in [9.17, 15) is 4.79 Å². The normalized spacial score (nSPS) is 19.3. The van der Waals surface area contributed by atoms with Crippen LogP contribution in [0, 0.1) is 0 Å². The second-order valence-corrected chi connectivity index (χ2v) is 7.29. The van der Waals surface area contributed by atoms with Crippen molar-refractivity contribution in [2.24, 2.45) is 0 Å². The van der Waals surface area contributed by atoms with Crippen molar-refractivity contribution in [1.29, 1.82) is 0 Å². The van der Waals surface area contributed by atoms with E-state index in [1.807, 2.05) is 0 Å². The van der Waals surface area contributed by atoms with E-state index < -0.39 is 0 Å². The second-order valence-electron chi connectivity index (χ2n) is 7.29. The first-order valence-corrected chi connectivity index (χ1v) is 9.54. The number of hydrogen-bond donors (Lipinski definition) is 1. The molecular weight excluding hydrogens is 344 g/mol. The van der Waals surface area contributed by atoms with Gasteiger partial charge in [0.25, 0.3) is 5.91 Å². The fraction of sp³-hybridized carbons (Fsp3) is 0.526. The summed E-state index contributed by atoms with van der Waals surface area (Å²) in [5, 5.41) is 12.0. The molecule has 8 nitrogen and oxygen atoms in total. The maximum atomic E-state index is 12.1. The maximum absolute atomic E-state index is 12.1. The maximum Gasteiger partial charge on any atom is 0.254 e. The molecule has 144 valence electrons. The van der Waals surface area contributed by atoms with Gasteiger partial charge in [0.2, 0.25) is 0 Å². The van der Waals surface area contributed by atoms with Crippen LogP contribution in [-0.2, 0) is 0 Å². The summed E-state index contributed by atoms with van der Waals surface area (Å²) in [6.45, 7) is 5.82. The highest BCUT2D eigenvalue weighted by Crippen LogP contribution is 2.20. The Morgan fingerprint density at radius 3 is 2.19 bits per heavy atom. The van der Waals surface area contributed by atoms with E-state index in [1.165, 1.54) is 12.5 Å². The molecule has 1 amide bonds. The molecule has 0 aliphatic carbocycles. The van der Waals surface area contributed by atoms with Crippen LogP contribution in [0.4, 0.5) is 11.6 Å². The van der Waals surface area contributed by atoms with Gasteiger partial charge in [-0.25, -0.2) is 0 Å². The standard InChI is InChI=1S/C19H26N6O2/c1-23-9-11-25(12-10-23)18-3-2-17(21-22-18)24-7-4-16(5-8-24)20-19(26)15-6-13-27-14-15/h2-3,6,13-14,16H,4-5,7-12H2,1H3,(H,20,26). The topological polar surface area (TPSA) is 77.7 Å². The van der Waals surface area contributed by atoms with Gasteiger partial charge in [-0.2, -0.15) is 0 Å². The third-order valence-electron chi connectivity index (χ3n) is 5.40. The SMILES string of the molecule is CN1CCN(c2ccc(N3CCC(NC(=O)c4ccoc4)CC3)nn2)CC1. The second kappa shape index (κ2) is 7.96. The summed E-state index contributed by atoms with van der Waals surface area (Å²) in [6.07, 6.45) is 4.78. The molecule has 2 fully saturated rings. The molecule has 2 saturated heterocycles. The minimum Gasteiger partial charge on any atom is -0.472 e. The Labute approximate surface area is 159 Å². The first kappa shape index (κ1) is 17.8. The van der Waals surface area contributed by atoms with Crippen molar-refractivity contribution in [2.45, 2.75) is 18.9 Å². The Bertz CT molecular complexity index is 732. The number of piperazine rings is 1. The van der Waals surface area contributed by atoms with E-state index in [0.717, 1.165) is 63.7 Å². The molecule has 0 bridgehead atoms. The monoisotopic (exact) mass is 370 g/mol. The Morgan fingerprint density at radius 1 is 1.00 bits per heavy atom. The minimum absolute atomic E-state index is 0.0708. The molecule has 0 aromatic carbocycles. The van der Waals surface area contributed by atoms with Crippen molar-refractivity contribution in [3.8, 4) is 0 Å². The number of nitrogens with zero attached hydrogens (tertiary/aromatic N) is 5. The molecule has 2 aromatic rings. The number of likely N-dealkylation sites (N-methyl/N-ethyl adjacent to an activating group) is 1. The molecule has 0 saturated carbocycles. The molecule has 0 atom stereocenters. The molecule has 1 N–H and O–H groups in total. The molecule has 2 aromatic heterocycles. The van der Waals surface area contributed by atoms with Crippen LogP contribution < -0.4 is 15.1 Å². The minimum atomic E-state index is -0.0708. The molecule has 0 spiro atoms. The van der Waals surface area contributed by atoms with Crippen LogP contribution >= 0.6 is 0 Å².